The standard InChI is InChI=1S/C30H30N2O2/c1-2-3-19-34-29(33)27-20-26(27)28-21-32(22-31-28)30(23-13-7-4-8-14-23,24-15-9-5-10-16-24)25-17-11-6-12-18-25/h4-18,21-22,26-27H,2-3,19-20H2,1H3/t26-,27-/m1/s1. The highest BCUT2D eigenvalue weighted by Crippen LogP contribution is 2.49. The zero-order valence-electron chi connectivity index (χ0n) is 19.5. The minimum Gasteiger partial charge on any atom is -0.465 e. The van der Waals surface area contributed by atoms with Crippen LogP contribution in [0.15, 0.2) is 104 Å². The van der Waals surface area contributed by atoms with Crippen LogP contribution in [0.5, 0.6) is 0 Å². The molecule has 172 valence electrons. The highest BCUT2D eigenvalue weighted by molar-refractivity contribution is 5.77. The van der Waals surface area contributed by atoms with Crippen molar-refractivity contribution >= 4 is 5.97 Å². The molecule has 1 heterocycles. The lowest BCUT2D eigenvalue weighted by molar-refractivity contribution is -0.145. The number of hydrogen-bond acceptors (Lipinski definition) is 3. The van der Waals surface area contributed by atoms with Gasteiger partial charge in [-0.05, 0) is 29.5 Å². The van der Waals surface area contributed by atoms with Crippen LogP contribution in [0.2, 0.25) is 0 Å². The van der Waals surface area contributed by atoms with E-state index in [1.807, 2.05) is 24.5 Å². The molecule has 1 aromatic heterocycles. The summed E-state index contributed by atoms with van der Waals surface area (Å²) in [7, 11) is 0. The first kappa shape index (κ1) is 22.1. The van der Waals surface area contributed by atoms with Crippen LogP contribution >= 0.6 is 0 Å². The second-order valence-electron chi connectivity index (χ2n) is 8.98. The smallest absolute Gasteiger partial charge is 0.309 e. The summed E-state index contributed by atoms with van der Waals surface area (Å²) in [4.78, 5) is 17.3. The maximum absolute atomic E-state index is 12.5. The third kappa shape index (κ3) is 4.05. The molecular weight excluding hydrogens is 420 g/mol. The Balaban J connectivity index is 1.57. The Bertz CT molecular complexity index is 1120. The second kappa shape index (κ2) is 9.68. The zero-order valence-corrected chi connectivity index (χ0v) is 19.5. The van der Waals surface area contributed by atoms with Gasteiger partial charge in [0.1, 0.15) is 5.54 Å². The third-order valence-corrected chi connectivity index (χ3v) is 6.78. The minimum absolute atomic E-state index is 0.0835. The quantitative estimate of drug-likeness (QED) is 0.174. The molecule has 0 aliphatic heterocycles. The Morgan fingerprint density at radius 1 is 0.912 bits per heavy atom. The van der Waals surface area contributed by atoms with Gasteiger partial charge in [-0.2, -0.15) is 0 Å². The van der Waals surface area contributed by atoms with Crippen LogP contribution in [-0.2, 0) is 15.1 Å². The summed E-state index contributed by atoms with van der Waals surface area (Å²) in [6.07, 6.45) is 6.77. The highest BCUT2D eigenvalue weighted by atomic mass is 16.5. The normalized spacial score (nSPS) is 17.3. The molecule has 1 fully saturated rings. The lowest BCUT2D eigenvalue weighted by atomic mass is 9.77. The maximum atomic E-state index is 12.5. The van der Waals surface area contributed by atoms with Crippen LogP contribution in [0.1, 0.15) is 54.5 Å². The van der Waals surface area contributed by atoms with Gasteiger partial charge in [0.2, 0.25) is 0 Å². The molecular formula is C30H30N2O2. The molecule has 4 nitrogen and oxygen atoms in total. The summed E-state index contributed by atoms with van der Waals surface area (Å²) in [5.74, 6) is -0.0522. The zero-order chi connectivity index (χ0) is 23.4. The lowest BCUT2D eigenvalue weighted by Gasteiger charge is -2.37. The fourth-order valence-electron chi connectivity index (χ4n) is 4.90. The van der Waals surface area contributed by atoms with E-state index in [1.54, 1.807) is 0 Å². The van der Waals surface area contributed by atoms with Gasteiger partial charge in [0.05, 0.1) is 24.5 Å². The number of benzene rings is 3. The van der Waals surface area contributed by atoms with E-state index in [1.165, 1.54) is 0 Å². The van der Waals surface area contributed by atoms with Crippen LogP contribution in [0.4, 0.5) is 0 Å². The van der Waals surface area contributed by atoms with Crippen molar-refractivity contribution in [2.75, 3.05) is 6.61 Å². The summed E-state index contributed by atoms with van der Waals surface area (Å²) >= 11 is 0. The molecule has 1 saturated carbocycles. The number of imidazole rings is 1. The first-order valence-corrected chi connectivity index (χ1v) is 12.1. The Morgan fingerprint density at radius 3 is 1.94 bits per heavy atom. The van der Waals surface area contributed by atoms with Gasteiger partial charge in [-0.15, -0.1) is 0 Å². The maximum Gasteiger partial charge on any atom is 0.309 e. The van der Waals surface area contributed by atoms with Gasteiger partial charge in [0.25, 0.3) is 0 Å². The van der Waals surface area contributed by atoms with E-state index in [9.17, 15) is 4.79 Å². The fraction of sp³-hybridized carbons (Fsp3) is 0.267. The first-order chi connectivity index (χ1) is 16.7. The second-order valence-corrected chi connectivity index (χ2v) is 8.98. The summed E-state index contributed by atoms with van der Waals surface area (Å²) in [5, 5.41) is 0. The van der Waals surface area contributed by atoms with Gasteiger partial charge in [-0.25, -0.2) is 4.98 Å². The van der Waals surface area contributed by atoms with Gasteiger partial charge < -0.3 is 9.30 Å². The van der Waals surface area contributed by atoms with Crippen molar-refractivity contribution in [1.82, 2.24) is 9.55 Å². The molecule has 4 aromatic rings. The van der Waals surface area contributed by atoms with E-state index in [0.717, 1.165) is 41.6 Å². The number of carbonyl (C=O) groups is 1. The number of rotatable bonds is 9. The molecule has 0 unspecified atom stereocenters. The molecule has 0 saturated heterocycles. The van der Waals surface area contributed by atoms with E-state index in [0.29, 0.717) is 6.61 Å². The minimum atomic E-state index is -0.582. The van der Waals surface area contributed by atoms with Gasteiger partial charge in [0.15, 0.2) is 0 Å². The summed E-state index contributed by atoms with van der Waals surface area (Å²) < 4.78 is 7.68. The fourth-order valence-corrected chi connectivity index (χ4v) is 4.90. The SMILES string of the molecule is CCCCOC(=O)[C@@H]1C[C@H]1c1cn(C(c2ccccc2)(c2ccccc2)c2ccccc2)cn1. The summed E-state index contributed by atoms with van der Waals surface area (Å²) in [5.41, 5.74) is 3.83. The van der Waals surface area contributed by atoms with E-state index < -0.39 is 5.54 Å². The predicted octanol–water partition coefficient (Wildman–Crippen LogP) is 6.17. The summed E-state index contributed by atoms with van der Waals surface area (Å²) in [6.45, 7) is 2.60. The number of unbranched alkanes of at least 4 members (excludes halogenated alkanes) is 1. The molecule has 0 bridgehead atoms. The molecule has 1 aliphatic rings. The predicted molar refractivity (Wildman–Crippen MR) is 134 cm³/mol. The van der Waals surface area contributed by atoms with Crippen molar-refractivity contribution < 1.29 is 9.53 Å². The Labute approximate surface area is 201 Å². The number of esters is 1. The summed E-state index contributed by atoms with van der Waals surface area (Å²) in [6, 6.07) is 31.6. The average molecular weight is 451 g/mol. The number of hydrogen-bond donors (Lipinski definition) is 0. The van der Waals surface area contributed by atoms with E-state index in [4.69, 9.17) is 9.72 Å². The molecule has 2 atom stereocenters. The van der Waals surface area contributed by atoms with Gasteiger partial charge in [-0.3, -0.25) is 4.79 Å². The van der Waals surface area contributed by atoms with Gasteiger partial charge in [0, 0.05) is 12.1 Å². The monoisotopic (exact) mass is 450 g/mol. The molecule has 34 heavy (non-hydrogen) atoms. The van der Waals surface area contributed by atoms with Crippen LogP contribution in [0, 0.1) is 5.92 Å². The van der Waals surface area contributed by atoms with Crippen molar-refractivity contribution in [3.8, 4) is 0 Å². The Kier molecular flexibility index (Phi) is 6.31. The van der Waals surface area contributed by atoms with E-state index >= 15 is 0 Å². The molecule has 4 heteroatoms. The van der Waals surface area contributed by atoms with Crippen molar-refractivity contribution in [3.63, 3.8) is 0 Å². The van der Waals surface area contributed by atoms with Gasteiger partial charge >= 0.3 is 5.97 Å². The van der Waals surface area contributed by atoms with Gasteiger partial charge in [-0.1, -0.05) is 104 Å². The number of carbonyl (C=O) groups excluding carboxylic acids is 1. The number of aromatic nitrogens is 2. The van der Waals surface area contributed by atoms with E-state index in [-0.39, 0.29) is 17.8 Å². The van der Waals surface area contributed by atoms with Crippen molar-refractivity contribution in [2.45, 2.75) is 37.6 Å². The van der Waals surface area contributed by atoms with Crippen molar-refractivity contribution in [2.24, 2.45) is 5.92 Å². The van der Waals surface area contributed by atoms with Crippen LogP contribution in [-0.4, -0.2) is 22.1 Å². The topological polar surface area (TPSA) is 44.1 Å². The van der Waals surface area contributed by atoms with E-state index in [2.05, 4.69) is 90.5 Å². The number of nitrogens with zero attached hydrogens (tertiary/aromatic N) is 2. The highest BCUT2D eigenvalue weighted by Gasteiger charge is 2.47. The van der Waals surface area contributed by atoms with Crippen LogP contribution < -0.4 is 0 Å². The van der Waals surface area contributed by atoms with Crippen molar-refractivity contribution in [3.05, 3.63) is 126 Å². The molecule has 0 amide bonds. The molecule has 0 N–H and O–H groups in total. The van der Waals surface area contributed by atoms with Crippen molar-refractivity contribution in [1.29, 1.82) is 0 Å². The molecule has 3 aromatic carbocycles. The molecule has 0 radical (unpaired) electrons. The first-order valence-electron chi connectivity index (χ1n) is 12.1. The molecule has 1 aliphatic carbocycles. The Morgan fingerprint density at radius 2 is 1.44 bits per heavy atom. The third-order valence-electron chi connectivity index (χ3n) is 6.78. The average Bonchev–Trinajstić information content (AvgIpc) is 3.56. The molecule has 0 spiro atoms. The van der Waals surface area contributed by atoms with Crippen LogP contribution in [0.3, 0.4) is 0 Å². The lowest BCUT2D eigenvalue weighted by Crippen LogP contribution is -2.36. The largest absolute Gasteiger partial charge is 0.465 e. The molecule has 5 rings (SSSR count). The van der Waals surface area contributed by atoms with Crippen LogP contribution in [0.25, 0.3) is 0 Å². The number of ether oxygens (including phenoxy) is 1. The Hall–Kier alpha value is -3.66.